The van der Waals surface area contributed by atoms with Crippen LogP contribution in [0.15, 0.2) is 29.8 Å². The molecule has 10 nitrogen and oxygen atoms in total. The number of allylic oxidation sites excluding steroid dienone is 1. The highest BCUT2D eigenvalue weighted by molar-refractivity contribution is 5.92. The van der Waals surface area contributed by atoms with Gasteiger partial charge < -0.3 is 35.6 Å². The van der Waals surface area contributed by atoms with Gasteiger partial charge in [0.2, 0.25) is 5.78 Å². The maximum Gasteiger partial charge on any atom is 0.303 e. The summed E-state index contributed by atoms with van der Waals surface area (Å²) in [6.07, 6.45) is 4.87. The standard InChI is InChI=1S/C23H32O6.C9H13NO3/c1-13(24)29-12-19(27)23(28)9-7-17-16-5-4-14-10-15(25)6-8-21(14,2)20(16)18(26)11-22(17,23)3;1-10-5-9(13)6-2-3-7(11)8(12)4-6/h10,16-18,20,26,28H,4-9,11-12H2,1-3H3;2-4,9-13H,5H2,1H3/t16-,17-,18-,20+,21-,22-,23-;9-/m00/s1. The van der Waals surface area contributed by atoms with Crippen LogP contribution in [-0.2, 0) is 19.1 Å². The Morgan fingerprint density at radius 2 is 1.83 bits per heavy atom. The Labute approximate surface area is 246 Å². The summed E-state index contributed by atoms with van der Waals surface area (Å²) in [5.74, 6) is -0.858. The third-order valence-corrected chi connectivity index (χ3v) is 10.7. The number of carbonyl (C=O) groups excluding carboxylic acids is 3. The number of benzene rings is 1. The Hall–Kier alpha value is -2.79. The molecule has 8 atom stereocenters. The molecule has 10 heteroatoms. The van der Waals surface area contributed by atoms with Gasteiger partial charge in [-0.25, -0.2) is 0 Å². The fraction of sp³-hybridized carbons (Fsp3) is 0.656. The van der Waals surface area contributed by atoms with Crippen molar-refractivity contribution in [3.63, 3.8) is 0 Å². The summed E-state index contributed by atoms with van der Waals surface area (Å²) in [6.45, 7) is 5.33. The minimum atomic E-state index is -1.58. The highest BCUT2D eigenvalue weighted by atomic mass is 16.5. The number of ketones is 2. The van der Waals surface area contributed by atoms with Crippen LogP contribution in [0.3, 0.4) is 0 Å². The number of aliphatic hydroxyl groups is 3. The predicted octanol–water partition coefficient (Wildman–Crippen LogP) is 2.70. The van der Waals surface area contributed by atoms with Crippen LogP contribution in [0.2, 0.25) is 0 Å². The number of rotatable bonds is 6. The number of likely N-dealkylation sites (N-methyl/N-ethyl adjacent to an activating group) is 1. The van der Waals surface area contributed by atoms with Gasteiger partial charge in [-0.1, -0.05) is 25.5 Å². The van der Waals surface area contributed by atoms with Gasteiger partial charge in [0.25, 0.3) is 0 Å². The zero-order chi connectivity index (χ0) is 31.0. The minimum absolute atomic E-state index is 0.0413. The van der Waals surface area contributed by atoms with E-state index in [1.807, 2.05) is 6.92 Å². The molecule has 232 valence electrons. The van der Waals surface area contributed by atoms with E-state index in [9.17, 15) is 29.7 Å². The number of fused-ring (bicyclic) bond motifs is 5. The van der Waals surface area contributed by atoms with E-state index in [0.29, 0.717) is 31.4 Å². The zero-order valence-electron chi connectivity index (χ0n) is 24.9. The lowest BCUT2D eigenvalue weighted by molar-refractivity contribution is -0.184. The second kappa shape index (κ2) is 12.1. The lowest BCUT2D eigenvalue weighted by Gasteiger charge is -2.60. The number of aliphatic hydroxyl groups excluding tert-OH is 2. The van der Waals surface area contributed by atoms with E-state index in [0.717, 1.165) is 31.3 Å². The molecule has 0 spiro atoms. The fourth-order valence-electron chi connectivity index (χ4n) is 8.50. The third kappa shape index (κ3) is 5.62. The molecule has 0 aliphatic heterocycles. The van der Waals surface area contributed by atoms with Gasteiger partial charge in [-0.3, -0.25) is 14.4 Å². The molecule has 0 heterocycles. The van der Waals surface area contributed by atoms with E-state index in [1.54, 1.807) is 19.2 Å². The molecule has 42 heavy (non-hydrogen) atoms. The number of nitrogens with one attached hydrogen (secondary N) is 1. The lowest BCUT2D eigenvalue weighted by atomic mass is 9.45. The summed E-state index contributed by atoms with van der Waals surface area (Å²) >= 11 is 0. The predicted molar refractivity (Wildman–Crippen MR) is 153 cm³/mol. The number of carbonyl (C=O) groups is 3. The first-order chi connectivity index (χ1) is 19.7. The van der Waals surface area contributed by atoms with E-state index in [-0.39, 0.29) is 40.5 Å². The Bertz CT molecular complexity index is 1250. The van der Waals surface area contributed by atoms with E-state index < -0.39 is 41.6 Å². The molecule has 0 bridgehead atoms. The van der Waals surface area contributed by atoms with Gasteiger partial charge in [0.15, 0.2) is 23.9 Å². The Morgan fingerprint density at radius 1 is 1.12 bits per heavy atom. The van der Waals surface area contributed by atoms with Gasteiger partial charge in [0.05, 0.1) is 12.2 Å². The molecular formula is C32H45NO9. The third-order valence-electron chi connectivity index (χ3n) is 10.7. The quantitative estimate of drug-likeness (QED) is 0.215. The molecule has 4 aliphatic rings. The Balaban J connectivity index is 0.000000262. The summed E-state index contributed by atoms with van der Waals surface area (Å²) in [5.41, 5.74) is -0.785. The maximum atomic E-state index is 12.9. The molecule has 0 saturated heterocycles. The zero-order valence-corrected chi connectivity index (χ0v) is 24.9. The fourth-order valence-corrected chi connectivity index (χ4v) is 8.50. The van der Waals surface area contributed by atoms with E-state index in [4.69, 9.17) is 14.9 Å². The van der Waals surface area contributed by atoms with Crippen LogP contribution in [0, 0.1) is 28.6 Å². The van der Waals surface area contributed by atoms with Gasteiger partial charge in [0, 0.05) is 25.3 Å². The normalized spacial score (nSPS) is 35.9. The maximum absolute atomic E-state index is 12.9. The first-order valence-corrected chi connectivity index (χ1v) is 14.8. The van der Waals surface area contributed by atoms with Crippen LogP contribution < -0.4 is 5.32 Å². The van der Waals surface area contributed by atoms with Crippen LogP contribution in [0.25, 0.3) is 0 Å². The van der Waals surface area contributed by atoms with Gasteiger partial charge in [-0.2, -0.15) is 0 Å². The molecule has 1 aromatic carbocycles. The number of phenols is 2. The highest BCUT2D eigenvalue weighted by Gasteiger charge is 2.68. The van der Waals surface area contributed by atoms with Crippen LogP contribution in [-0.4, -0.2) is 75.0 Å². The van der Waals surface area contributed by atoms with Crippen molar-refractivity contribution in [1.29, 1.82) is 0 Å². The topological polar surface area (TPSA) is 174 Å². The van der Waals surface area contributed by atoms with Crippen LogP contribution >= 0.6 is 0 Å². The van der Waals surface area contributed by atoms with Crippen molar-refractivity contribution in [2.75, 3.05) is 20.2 Å². The SMILES string of the molecule is CC(=O)OCC(=O)[C@@]1(O)CC[C@H]2[C@@H]3CCC4=CC(=O)CC[C@]4(C)[C@H]3[C@@H](O)C[C@@]21C.CNC[C@H](O)c1ccc(O)c(O)c1. The molecule has 0 aromatic heterocycles. The van der Waals surface area contributed by atoms with Gasteiger partial charge in [0.1, 0.15) is 5.60 Å². The second-order valence-electron chi connectivity index (χ2n) is 13.0. The molecule has 3 saturated carbocycles. The van der Waals surface area contributed by atoms with Crippen molar-refractivity contribution in [1.82, 2.24) is 5.32 Å². The number of ether oxygens (including phenoxy) is 1. The molecule has 5 rings (SSSR count). The monoisotopic (exact) mass is 587 g/mol. The number of phenolic OH excluding ortho intramolecular Hbond substituents is 2. The summed E-state index contributed by atoms with van der Waals surface area (Å²) in [5, 5.41) is 53.2. The van der Waals surface area contributed by atoms with Crippen LogP contribution in [0.1, 0.15) is 77.4 Å². The molecule has 3 fully saturated rings. The summed E-state index contributed by atoms with van der Waals surface area (Å²) in [4.78, 5) is 36.0. The summed E-state index contributed by atoms with van der Waals surface area (Å²) in [7, 11) is 1.73. The summed E-state index contributed by atoms with van der Waals surface area (Å²) < 4.78 is 4.89. The molecule has 6 N–H and O–H groups in total. The van der Waals surface area contributed by atoms with Crippen molar-refractivity contribution in [2.24, 2.45) is 28.6 Å². The average Bonchev–Trinajstić information content (AvgIpc) is 3.20. The molecule has 0 amide bonds. The van der Waals surface area contributed by atoms with E-state index >= 15 is 0 Å². The Kier molecular flexibility index (Phi) is 9.23. The summed E-state index contributed by atoms with van der Waals surface area (Å²) in [6, 6.07) is 4.26. The number of aromatic hydroxyl groups is 2. The largest absolute Gasteiger partial charge is 0.504 e. The molecule has 1 aromatic rings. The van der Waals surface area contributed by atoms with Gasteiger partial charge >= 0.3 is 5.97 Å². The first-order valence-electron chi connectivity index (χ1n) is 14.8. The van der Waals surface area contributed by atoms with Crippen molar-refractivity contribution in [2.45, 2.75) is 83.5 Å². The van der Waals surface area contributed by atoms with Crippen LogP contribution in [0.5, 0.6) is 11.5 Å². The first kappa shape index (κ1) is 32.1. The molecule has 0 unspecified atom stereocenters. The molecular weight excluding hydrogens is 542 g/mol. The Morgan fingerprint density at radius 3 is 2.48 bits per heavy atom. The van der Waals surface area contributed by atoms with Crippen molar-refractivity contribution in [3.8, 4) is 11.5 Å². The number of hydrogen-bond acceptors (Lipinski definition) is 10. The van der Waals surface area contributed by atoms with Gasteiger partial charge in [-0.05, 0) is 92.5 Å². The number of Topliss-reactive ketones (excluding diaryl/α,β-unsaturated/α-hetero) is 1. The average molecular weight is 588 g/mol. The van der Waals surface area contributed by atoms with Gasteiger partial charge in [-0.15, -0.1) is 0 Å². The van der Waals surface area contributed by atoms with Crippen LogP contribution in [0.4, 0.5) is 0 Å². The van der Waals surface area contributed by atoms with E-state index in [1.165, 1.54) is 19.1 Å². The van der Waals surface area contributed by atoms with E-state index in [2.05, 4.69) is 12.2 Å². The highest BCUT2D eigenvalue weighted by Crippen LogP contribution is 2.67. The molecule has 0 radical (unpaired) electrons. The second-order valence-corrected chi connectivity index (χ2v) is 13.0. The number of hydrogen-bond donors (Lipinski definition) is 6. The molecule has 4 aliphatic carbocycles. The van der Waals surface area contributed by atoms with Crippen molar-refractivity contribution in [3.05, 3.63) is 35.4 Å². The van der Waals surface area contributed by atoms with Crippen molar-refractivity contribution < 1.29 is 44.7 Å². The van der Waals surface area contributed by atoms with Crippen molar-refractivity contribution >= 4 is 17.5 Å². The number of esters is 1. The lowest BCUT2D eigenvalue weighted by Crippen LogP contribution is -2.62. The minimum Gasteiger partial charge on any atom is -0.504 e. The smallest absolute Gasteiger partial charge is 0.303 e.